The van der Waals surface area contributed by atoms with Crippen LogP contribution in [0.3, 0.4) is 0 Å². The average Bonchev–Trinajstić information content (AvgIpc) is 2.74. The van der Waals surface area contributed by atoms with Crippen LogP contribution >= 0.6 is 0 Å². The van der Waals surface area contributed by atoms with Crippen LogP contribution in [0.15, 0.2) is 12.1 Å². The quantitative estimate of drug-likeness (QED) is 0.825. The second-order valence-electron chi connectivity index (χ2n) is 6.65. The van der Waals surface area contributed by atoms with E-state index in [0.717, 1.165) is 47.9 Å². The molecule has 3 heteroatoms. The van der Waals surface area contributed by atoms with Gasteiger partial charge in [0.05, 0.1) is 6.42 Å². The number of aryl methyl sites for hydroxylation is 3. The Morgan fingerprint density at radius 2 is 1.57 bits per heavy atom. The van der Waals surface area contributed by atoms with E-state index < -0.39 is 5.97 Å². The van der Waals surface area contributed by atoms with Crippen molar-refractivity contribution in [3.05, 3.63) is 34.4 Å². The summed E-state index contributed by atoms with van der Waals surface area (Å²) in [7, 11) is 0. The van der Waals surface area contributed by atoms with Gasteiger partial charge in [0.1, 0.15) is 0 Å². The van der Waals surface area contributed by atoms with Crippen LogP contribution in [0.4, 0.5) is 0 Å². The second-order valence-corrected chi connectivity index (χ2v) is 6.65. The summed E-state index contributed by atoms with van der Waals surface area (Å²) >= 11 is 0. The zero-order valence-corrected chi connectivity index (χ0v) is 13.2. The van der Waals surface area contributed by atoms with E-state index in [4.69, 9.17) is 5.11 Å². The van der Waals surface area contributed by atoms with Crippen molar-refractivity contribution in [1.82, 2.24) is 0 Å². The molecule has 2 rings (SSSR count). The van der Waals surface area contributed by atoms with Gasteiger partial charge in [0.2, 0.25) is 0 Å². The van der Waals surface area contributed by atoms with E-state index in [-0.39, 0.29) is 17.6 Å². The molecule has 1 saturated carbocycles. The largest absolute Gasteiger partial charge is 0.481 e. The number of aliphatic carboxylic acids is 1. The highest BCUT2D eigenvalue weighted by molar-refractivity contribution is 5.99. The van der Waals surface area contributed by atoms with Gasteiger partial charge < -0.3 is 5.11 Å². The summed E-state index contributed by atoms with van der Waals surface area (Å²) in [6.45, 7) is 5.95. The molecule has 0 saturated heterocycles. The molecule has 0 heterocycles. The van der Waals surface area contributed by atoms with E-state index in [1.807, 2.05) is 32.9 Å². The zero-order valence-electron chi connectivity index (χ0n) is 13.2. The van der Waals surface area contributed by atoms with Crippen molar-refractivity contribution in [3.8, 4) is 0 Å². The highest BCUT2D eigenvalue weighted by Crippen LogP contribution is 2.45. The number of carbonyl (C=O) groups excluding carboxylic acids is 1. The molecule has 1 N–H and O–H groups in total. The second kappa shape index (κ2) is 6.00. The van der Waals surface area contributed by atoms with E-state index >= 15 is 0 Å². The van der Waals surface area contributed by atoms with Gasteiger partial charge in [-0.25, -0.2) is 0 Å². The van der Waals surface area contributed by atoms with E-state index in [1.165, 1.54) is 0 Å². The fraction of sp³-hybridized carbons (Fsp3) is 0.556. The van der Waals surface area contributed by atoms with E-state index in [0.29, 0.717) is 6.42 Å². The third kappa shape index (κ3) is 3.52. The molecule has 0 atom stereocenters. The summed E-state index contributed by atoms with van der Waals surface area (Å²) in [5.41, 5.74) is 3.62. The Hall–Kier alpha value is -1.64. The molecule has 0 spiro atoms. The van der Waals surface area contributed by atoms with Crippen LogP contribution in [-0.2, 0) is 4.79 Å². The molecule has 0 unspecified atom stereocenters. The van der Waals surface area contributed by atoms with E-state index in [2.05, 4.69) is 0 Å². The molecule has 1 aliphatic rings. The zero-order chi connectivity index (χ0) is 15.6. The maximum atomic E-state index is 12.7. The van der Waals surface area contributed by atoms with Crippen molar-refractivity contribution in [2.75, 3.05) is 0 Å². The van der Waals surface area contributed by atoms with Crippen molar-refractivity contribution < 1.29 is 14.7 Å². The van der Waals surface area contributed by atoms with Gasteiger partial charge in [-0.1, -0.05) is 30.5 Å². The molecule has 0 aromatic heterocycles. The van der Waals surface area contributed by atoms with Gasteiger partial charge in [-0.15, -0.1) is 0 Å². The van der Waals surface area contributed by atoms with Crippen LogP contribution in [-0.4, -0.2) is 16.9 Å². The molecule has 114 valence electrons. The Morgan fingerprint density at radius 1 is 1.05 bits per heavy atom. The van der Waals surface area contributed by atoms with Gasteiger partial charge in [0.15, 0.2) is 5.78 Å². The van der Waals surface area contributed by atoms with Crippen LogP contribution in [0, 0.1) is 26.2 Å². The van der Waals surface area contributed by atoms with Gasteiger partial charge in [0.25, 0.3) is 0 Å². The number of hydrogen-bond acceptors (Lipinski definition) is 2. The maximum absolute atomic E-state index is 12.7. The highest BCUT2D eigenvalue weighted by atomic mass is 16.4. The van der Waals surface area contributed by atoms with Crippen molar-refractivity contribution in [2.45, 2.75) is 59.3 Å². The van der Waals surface area contributed by atoms with Gasteiger partial charge in [0, 0.05) is 12.0 Å². The normalized spacial score (nSPS) is 16.9. The highest BCUT2D eigenvalue weighted by Gasteiger charge is 2.38. The lowest BCUT2D eigenvalue weighted by Crippen LogP contribution is -2.25. The average molecular weight is 288 g/mol. The maximum Gasteiger partial charge on any atom is 0.303 e. The lowest BCUT2D eigenvalue weighted by Gasteiger charge is -2.27. The first-order valence-corrected chi connectivity index (χ1v) is 7.66. The van der Waals surface area contributed by atoms with Crippen LogP contribution < -0.4 is 0 Å². The molecule has 21 heavy (non-hydrogen) atoms. The lowest BCUT2D eigenvalue weighted by atomic mass is 9.76. The molecule has 0 amide bonds. The van der Waals surface area contributed by atoms with E-state index in [1.54, 1.807) is 0 Å². The predicted molar refractivity (Wildman–Crippen MR) is 82.8 cm³/mol. The van der Waals surface area contributed by atoms with Crippen molar-refractivity contribution >= 4 is 11.8 Å². The van der Waals surface area contributed by atoms with Crippen molar-refractivity contribution in [3.63, 3.8) is 0 Å². The molecule has 1 aromatic carbocycles. The molecule has 0 bridgehead atoms. The Balaban J connectivity index is 2.26. The minimum absolute atomic E-state index is 0.105. The number of benzene rings is 1. The first kappa shape index (κ1) is 15.7. The third-order valence-electron chi connectivity index (χ3n) is 4.68. The smallest absolute Gasteiger partial charge is 0.303 e. The fourth-order valence-corrected chi connectivity index (χ4v) is 3.91. The number of ketones is 1. The summed E-state index contributed by atoms with van der Waals surface area (Å²) in [6, 6.07) is 4.05. The van der Waals surface area contributed by atoms with Gasteiger partial charge in [-0.3, -0.25) is 9.59 Å². The van der Waals surface area contributed by atoms with Crippen LogP contribution in [0.25, 0.3) is 0 Å². The number of carboxylic acids is 1. The van der Waals surface area contributed by atoms with Crippen LogP contribution in [0.5, 0.6) is 0 Å². The van der Waals surface area contributed by atoms with Crippen LogP contribution in [0.2, 0.25) is 0 Å². The topological polar surface area (TPSA) is 54.4 Å². The number of hydrogen-bond donors (Lipinski definition) is 1. The first-order chi connectivity index (χ1) is 9.83. The summed E-state index contributed by atoms with van der Waals surface area (Å²) in [4.78, 5) is 23.9. The summed E-state index contributed by atoms with van der Waals surface area (Å²) in [5.74, 6) is -0.685. The monoisotopic (exact) mass is 288 g/mol. The Morgan fingerprint density at radius 3 is 2.05 bits per heavy atom. The number of Topliss-reactive ketones (excluding diaryl/α,β-unsaturated/α-hetero) is 1. The number of carboxylic acid groups (broad SMARTS) is 1. The minimum atomic E-state index is -0.790. The first-order valence-electron chi connectivity index (χ1n) is 7.66. The van der Waals surface area contributed by atoms with Crippen LogP contribution in [0.1, 0.15) is 65.6 Å². The predicted octanol–water partition coefficient (Wildman–Crippen LogP) is 4.22. The minimum Gasteiger partial charge on any atom is -0.481 e. The Labute approximate surface area is 126 Å². The van der Waals surface area contributed by atoms with Gasteiger partial charge in [-0.05, 0) is 50.2 Å². The molecule has 1 aliphatic carbocycles. The summed E-state index contributed by atoms with van der Waals surface area (Å²) < 4.78 is 0. The molecular formula is C18H24O3. The molecule has 1 aromatic rings. The Kier molecular flexibility index (Phi) is 4.50. The molecule has 3 nitrogen and oxygen atoms in total. The van der Waals surface area contributed by atoms with Gasteiger partial charge >= 0.3 is 5.97 Å². The molecular weight excluding hydrogens is 264 g/mol. The SMILES string of the molecule is Cc1cc(C)c(C(=O)CC2(CC(=O)O)CCCC2)c(C)c1. The standard InChI is InChI=1S/C18H24O3/c1-12-8-13(2)17(14(3)9-12)15(19)10-18(11-16(20)21)6-4-5-7-18/h8-9H,4-7,10-11H2,1-3H3,(H,20,21). The number of rotatable bonds is 5. The van der Waals surface area contributed by atoms with Crippen molar-refractivity contribution in [1.29, 1.82) is 0 Å². The summed E-state index contributed by atoms with van der Waals surface area (Å²) in [5, 5.41) is 9.16. The fourth-order valence-electron chi connectivity index (χ4n) is 3.91. The molecule has 0 radical (unpaired) electrons. The Bertz CT molecular complexity index is 543. The lowest BCUT2D eigenvalue weighted by molar-refractivity contribution is -0.139. The van der Waals surface area contributed by atoms with Gasteiger partial charge in [-0.2, -0.15) is 0 Å². The molecule has 0 aliphatic heterocycles. The van der Waals surface area contributed by atoms with Crippen molar-refractivity contribution in [2.24, 2.45) is 5.41 Å². The summed E-state index contributed by atoms with van der Waals surface area (Å²) in [6.07, 6.45) is 4.26. The third-order valence-corrected chi connectivity index (χ3v) is 4.68. The number of carbonyl (C=O) groups is 2. The molecule has 1 fully saturated rings. The van der Waals surface area contributed by atoms with E-state index in [9.17, 15) is 9.59 Å².